The molecule has 0 saturated heterocycles. The fourth-order valence-corrected chi connectivity index (χ4v) is 3.66. The topological polar surface area (TPSA) is 151 Å². The van der Waals surface area contributed by atoms with Crippen molar-refractivity contribution in [3.05, 3.63) is 61.9 Å². The van der Waals surface area contributed by atoms with Crippen molar-refractivity contribution in [2.24, 2.45) is 5.10 Å². The highest BCUT2D eigenvalue weighted by atomic mass is 35.5. The van der Waals surface area contributed by atoms with Crippen molar-refractivity contribution < 1.29 is 28.3 Å². The zero-order valence-electron chi connectivity index (χ0n) is 16.9. The molecule has 2 aromatic carbocycles. The number of aromatic nitrogens is 2. The van der Waals surface area contributed by atoms with Crippen molar-refractivity contribution >= 4 is 52.8 Å². The largest absolute Gasteiger partial charge is 0.482 e. The Bertz CT molecular complexity index is 1270. The monoisotopic (exact) mass is 525 g/mol. The highest BCUT2D eigenvalue weighted by molar-refractivity contribution is 7.99. The third-order valence-electron chi connectivity index (χ3n) is 4.13. The van der Waals surface area contributed by atoms with Crippen LogP contribution in [0.2, 0.25) is 10.0 Å². The first-order valence-corrected chi connectivity index (χ1v) is 11.1. The van der Waals surface area contributed by atoms with Gasteiger partial charge in [-0.05, 0) is 24.3 Å². The van der Waals surface area contributed by atoms with Gasteiger partial charge in [0.2, 0.25) is 6.79 Å². The predicted molar refractivity (Wildman–Crippen MR) is 121 cm³/mol. The second-order valence-corrected chi connectivity index (χ2v) is 8.20. The summed E-state index contributed by atoms with van der Waals surface area (Å²) >= 11 is 12.8. The molecule has 0 unspecified atom stereocenters. The lowest BCUT2D eigenvalue weighted by Gasteiger charge is -2.05. The summed E-state index contributed by atoms with van der Waals surface area (Å²) in [6.45, 7) is -0.0564. The first kappa shape index (κ1) is 23.6. The van der Waals surface area contributed by atoms with Crippen LogP contribution < -0.4 is 19.6 Å². The molecule has 2 heterocycles. The third-order valence-corrected chi connectivity index (χ3v) is 5.48. The summed E-state index contributed by atoms with van der Waals surface area (Å²) in [5, 5.41) is 23.6. The van der Waals surface area contributed by atoms with E-state index >= 15 is 0 Å². The number of hydrazone groups is 1. The first-order chi connectivity index (χ1) is 16.4. The number of nitrogens with zero attached hydrogens (tertiary/aromatic N) is 4. The number of benzene rings is 2. The number of carbonyl (C=O) groups excluding carboxylic acids is 1. The Morgan fingerprint density at radius 3 is 2.82 bits per heavy atom. The molecule has 1 N–H and O–H groups in total. The number of amides is 1. The van der Waals surface area contributed by atoms with Gasteiger partial charge in [-0.15, -0.1) is 10.2 Å². The zero-order valence-corrected chi connectivity index (χ0v) is 19.2. The van der Waals surface area contributed by atoms with Gasteiger partial charge in [-0.1, -0.05) is 35.0 Å². The van der Waals surface area contributed by atoms with E-state index in [9.17, 15) is 14.9 Å². The minimum atomic E-state index is -0.585. The molecule has 1 aromatic heterocycles. The number of hydrogen-bond donors (Lipinski definition) is 1. The Hall–Kier alpha value is -3.55. The lowest BCUT2D eigenvalue weighted by molar-refractivity contribution is -0.385. The summed E-state index contributed by atoms with van der Waals surface area (Å²) in [6.07, 6.45) is 1.15. The van der Waals surface area contributed by atoms with Crippen LogP contribution in [0.25, 0.3) is 0 Å². The van der Waals surface area contributed by atoms with Gasteiger partial charge in [-0.25, -0.2) is 5.43 Å². The SMILES string of the molecule is O=C(CSc1nnc(COc2ccc(Cl)cc2Cl)o1)N/N=C\c1cc2c(cc1[N+](=O)[O-])OCO2. The molecule has 1 aliphatic heterocycles. The number of rotatable bonds is 9. The van der Waals surface area contributed by atoms with Gasteiger partial charge in [0.05, 0.1) is 33.5 Å². The maximum atomic E-state index is 12.0. The predicted octanol–water partition coefficient (Wildman–Crippen LogP) is 3.83. The molecule has 1 aliphatic rings. The highest BCUT2D eigenvalue weighted by Crippen LogP contribution is 2.37. The van der Waals surface area contributed by atoms with Gasteiger partial charge >= 0.3 is 0 Å². The average molecular weight is 526 g/mol. The maximum Gasteiger partial charge on any atom is 0.282 e. The van der Waals surface area contributed by atoms with E-state index in [2.05, 4.69) is 20.7 Å². The molecular formula is C19H13Cl2N5O7S. The summed E-state index contributed by atoms with van der Waals surface area (Å²) in [6, 6.07) is 7.42. The maximum absolute atomic E-state index is 12.0. The number of carbonyl (C=O) groups is 1. The summed E-state index contributed by atoms with van der Waals surface area (Å²) in [5.41, 5.74) is 2.18. The normalized spacial score (nSPS) is 12.2. The van der Waals surface area contributed by atoms with Gasteiger partial charge in [-0.2, -0.15) is 5.10 Å². The van der Waals surface area contributed by atoms with Crippen molar-refractivity contribution in [2.75, 3.05) is 12.5 Å². The molecule has 0 aliphatic carbocycles. The lowest BCUT2D eigenvalue weighted by atomic mass is 10.1. The molecule has 0 spiro atoms. The fraction of sp³-hybridized carbons (Fsp3) is 0.158. The van der Waals surface area contributed by atoms with Crippen LogP contribution in [0.1, 0.15) is 11.5 Å². The molecule has 0 saturated carbocycles. The smallest absolute Gasteiger partial charge is 0.282 e. The van der Waals surface area contributed by atoms with Gasteiger partial charge < -0.3 is 18.6 Å². The van der Waals surface area contributed by atoms with E-state index in [1.54, 1.807) is 18.2 Å². The zero-order chi connectivity index (χ0) is 24.1. The first-order valence-electron chi connectivity index (χ1n) is 9.32. The molecule has 3 aromatic rings. The van der Waals surface area contributed by atoms with E-state index < -0.39 is 10.8 Å². The quantitative estimate of drug-likeness (QED) is 0.188. The van der Waals surface area contributed by atoms with E-state index in [0.29, 0.717) is 21.5 Å². The average Bonchev–Trinajstić information content (AvgIpc) is 3.45. The molecule has 0 bridgehead atoms. The number of fused-ring (bicyclic) bond motifs is 1. The number of thioether (sulfide) groups is 1. The summed E-state index contributed by atoms with van der Waals surface area (Å²) < 4.78 is 21.2. The van der Waals surface area contributed by atoms with Gasteiger partial charge in [0.15, 0.2) is 18.1 Å². The number of nitro benzene ring substituents is 1. The second-order valence-electron chi connectivity index (χ2n) is 6.43. The van der Waals surface area contributed by atoms with Crippen LogP contribution in [0.5, 0.6) is 17.2 Å². The Balaban J connectivity index is 1.27. The molecule has 1 amide bonds. The summed E-state index contributed by atoms with van der Waals surface area (Å²) in [7, 11) is 0. The molecule has 0 fully saturated rings. The minimum absolute atomic E-state index is 0.0281. The number of nitrogens with one attached hydrogen (secondary N) is 1. The molecule has 176 valence electrons. The van der Waals surface area contributed by atoms with E-state index in [4.69, 9.17) is 41.8 Å². The number of ether oxygens (including phenoxy) is 3. The molecule has 34 heavy (non-hydrogen) atoms. The molecule has 0 atom stereocenters. The Labute approximate surface area is 205 Å². The molecule has 0 radical (unpaired) electrons. The van der Waals surface area contributed by atoms with Gasteiger partial charge in [0, 0.05) is 5.02 Å². The summed E-state index contributed by atoms with van der Waals surface area (Å²) in [5.74, 6) is 0.619. The van der Waals surface area contributed by atoms with Crippen LogP contribution in [0.4, 0.5) is 5.69 Å². The Kier molecular flexibility index (Phi) is 7.35. The number of hydrogen-bond acceptors (Lipinski definition) is 11. The van der Waals surface area contributed by atoms with Gasteiger partial charge in [-0.3, -0.25) is 14.9 Å². The van der Waals surface area contributed by atoms with Gasteiger partial charge in [0.1, 0.15) is 5.75 Å². The van der Waals surface area contributed by atoms with Crippen LogP contribution in [0, 0.1) is 10.1 Å². The molecule has 12 nitrogen and oxygen atoms in total. The minimum Gasteiger partial charge on any atom is -0.482 e. The van der Waals surface area contributed by atoms with E-state index in [1.165, 1.54) is 12.1 Å². The Morgan fingerprint density at radius 2 is 2.06 bits per heavy atom. The third kappa shape index (κ3) is 5.87. The van der Waals surface area contributed by atoms with Gasteiger partial charge in [0.25, 0.3) is 22.7 Å². The standard InChI is InChI=1S/C19H13Cl2N5O7S/c20-11-1-2-14(12(21)4-11)30-7-18-24-25-19(33-18)34-8-17(27)23-22-6-10-3-15-16(32-9-31-15)5-13(10)26(28)29/h1-6H,7-9H2,(H,23,27)/b22-6-. The molecule has 15 heteroatoms. The number of halogens is 2. The van der Waals surface area contributed by atoms with Crippen molar-refractivity contribution in [1.82, 2.24) is 15.6 Å². The van der Waals surface area contributed by atoms with Crippen LogP contribution in [0.15, 0.2) is 45.1 Å². The van der Waals surface area contributed by atoms with Crippen molar-refractivity contribution in [3.63, 3.8) is 0 Å². The van der Waals surface area contributed by atoms with E-state index in [0.717, 1.165) is 18.0 Å². The van der Waals surface area contributed by atoms with Crippen LogP contribution in [-0.2, 0) is 11.4 Å². The molecule has 4 rings (SSSR count). The van der Waals surface area contributed by atoms with Crippen molar-refractivity contribution in [1.29, 1.82) is 0 Å². The lowest BCUT2D eigenvalue weighted by Crippen LogP contribution is -2.19. The van der Waals surface area contributed by atoms with Crippen LogP contribution in [0.3, 0.4) is 0 Å². The van der Waals surface area contributed by atoms with E-state index in [-0.39, 0.29) is 47.3 Å². The fourth-order valence-electron chi connectivity index (χ4n) is 2.63. The summed E-state index contributed by atoms with van der Waals surface area (Å²) in [4.78, 5) is 22.7. The van der Waals surface area contributed by atoms with Crippen molar-refractivity contribution in [3.8, 4) is 17.2 Å². The molecular weight excluding hydrogens is 513 g/mol. The Morgan fingerprint density at radius 1 is 1.26 bits per heavy atom. The van der Waals surface area contributed by atoms with Crippen LogP contribution >= 0.6 is 35.0 Å². The number of nitro groups is 1. The highest BCUT2D eigenvalue weighted by Gasteiger charge is 2.22. The van der Waals surface area contributed by atoms with Crippen LogP contribution in [-0.4, -0.2) is 39.8 Å². The van der Waals surface area contributed by atoms with Crippen molar-refractivity contribution in [2.45, 2.75) is 11.8 Å². The van der Waals surface area contributed by atoms with E-state index in [1.807, 2.05) is 0 Å². The second kappa shape index (κ2) is 10.6.